The molecule has 0 heterocycles. The molecule has 0 amide bonds. The van der Waals surface area contributed by atoms with E-state index in [4.69, 9.17) is 0 Å². The summed E-state index contributed by atoms with van der Waals surface area (Å²) in [5, 5.41) is 0. The van der Waals surface area contributed by atoms with Crippen LogP contribution in [0.5, 0.6) is 0 Å². The maximum Gasteiger partial charge on any atom is 0.160 e. The fourth-order valence-corrected chi connectivity index (χ4v) is 2.96. The van der Waals surface area contributed by atoms with Crippen LogP contribution < -0.4 is 0 Å². The Morgan fingerprint density at radius 2 is 2.27 bits per heavy atom. The summed E-state index contributed by atoms with van der Waals surface area (Å²) in [6, 6.07) is 6.39. The number of allylic oxidation sites excluding steroid dienone is 2. The Balaban J connectivity index is 2.23. The van der Waals surface area contributed by atoms with E-state index in [0.29, 0.717) is 5.92 Å². The minimum Gasteiger partial charge on any atom is -0.295 e. The molecule has 0 spiro atoms. The van der Waals surface area contributed by atoms with Crippen molar-refractivity contribution in [3.63, 3.8) is 0 Å². The van der Waals surface area contributed by atoms with E-state index in [0.717, 1.165) is 12.0 Å². The smallest absolute Gasteiger partial charge is 0.160 e. The fourth-order valence-electron chi connectivity index (χ4n) is 2.96. The van der Waals surface area contributed by atoms with Gasteiger partial charge in [0.1, 0.15) is 0 Å². The van der Waals surface area contributed by atoms with Crippen LogP contribution in [0.1, 0.15) is 42.4 Å². The molecule has 1 atom stereocenters. The Kier molecular flexibility index (Phi) is 1.82. The van der Waals surface area contributed by atoms with E-state index in [1.165, 1.54) is 29.5 Å². The second-order valence-corrected chi connectivity index (χ2v) is 4.52. The van der Waals surface area contributed by atoms with E-state index in [9.17, 15) is 4.79 Å². The van der Waals surface area contributed by atoms with Crippen molar-refractivity contribution in [1.29, 1.82) is 0 Å². The van der Waals surface area contributed by atoms with Gasteiger partial charge in [-0.1, -0.05) is 24.3 Å². The van der Waals surface area contributed by atoms with Gasteiger partial charge < -0.3 is 0 Å². The van der Waals surface area contributed by atoms with Gasteiger partial charge in [0.15, 0.2) is 5.78 Å². The molecule has 76 valence electrons. The predicted molar refractivity (Wildman–Crippen MR) is 60.8 cm³/mol. The molecule has 1 heteroatoms. The lowest BCUT2D eigenvalue weighted by Gasteiger charge is -2.21. The summed E-state index contributed by atoms with van der Waals surface area (Å²) in [5.41, 5.74) is 5.06. The maximum absolute atomic E-state index is 11.5. The van der Waals surface area contributed by atoms with Gasteiger partial charge in [0.25, 0.3) is 0 Å². The van der Waals surface area contributed by atoms with Crippen molar-refractivity contribution < 1.29 is 4.79 Å². The molecule has 1 unspecified atom stereocenters. The van der Waals surface area contributed by atoms with E-state index in [1.807, 2.05) is 0 Å². The van der Waals surface area contributed by atoms with Crippen molar-refractivity contribution in [3.05, 3.63) is 41.0 Å². The standard InChI is InChI=1S/C14H14O/c1-9(15)12-8-7-11-6-5-10-3-2-4-13(12)14(10)11/h2-4,8,11H,5-7H2,1H3. The van der Waals surface area contributed by atoms with Gasteiger partial charge >= 0.3 is 0 Å². The first kappa shape index (κ1) is 8.90. The highest BCUT2D eigenvalue weighted by molar-refractivity contribution is 6.20. The number of hydrogen-bond acceptors (Lipinski definition) is 1. The molecule has 0 fully saturated rings. The van der Waals surface area contributed by atoms with Crippen molar-refractivity contribution in [2.75, 3.05) is 0 Å². The summed E-state index contributed by atoms with van der Waals surface area (Å²) in [7, 11) is 0. The Morgan fingerprint density at radius 3 is 3.07 bits per heavy atom. The van der Waals surface area contributed by atoms with E-state index < -0.39 is 0 Å². The van der Waals surface area contributed by atoms with Crippen molar-refractivity contribution in [2.24, 2.45) is 0 Å². The Bertz CT molecular complexity index is 468. The third-order valence-corrected chi connectivity index (χ3v) is 3.64. The zero-order valence-corrected chi connectivity index (χ0v) is 8.92. The van der Waals surface area contributed by atoms with Crippen LogP contribution in [0.3, 0.4) is 0 Å². The summed E-state index contributed by atoms with van der Waals surface area (Å²) >= 11 is 0. The summed E-state index contributed by atoms with van der Waals surface area (Å²) < 4.78 is 0. The minimum atomic E-state index is 0.203. The van der Waals surface area contributed by atoms with Crippen LogP contribution in [-0.2, 0) is 11.2 Å². The molecular weight excluding hydrogens is 184 g/mol. The first-order chi connectivity index (χ1) is 7.27. The summed E-state index contributed by atoms with van der Waals surface area (Å²) in [4.78, 5) is 11.5. The molecule has 0 saturated carbocycles. The molecule has 1 aromatic carbocycles. The number of carbonyl (C=O) groups excluding carboxylic acids is 1. The van der Waals surface area contributed by atoms with Crippen molar-refractivity contribution in [2.45, 2.75) is 32.1 Å². The first-order valence-electron chi connectivity index (χ1n) is 5.60. The molecule has 2 aliphatic rings. The molecule has 0 N–H and O–H groups in total. The van der Waals surface area contributed by atoms with Gasteiger partial charge in [-0.25, -0.2) is 0 Å². The second kappa shape index (κ2) is 3.06. The normalized spacial score (nSPS) is 22.2. The van der Waals surface area contributed by atoms with E-state index in [1.54, 1.807) is 6.92 Å². The lowest BCUT2D eigenvalue weighted by molar-refractivity contribution is -0.111. The molecule has 1 nitrogen and oxygen atoms in total. The van der Waals surface area contributed by atoms with Crippen molar-refractivity contribution in [3.8, 4) is 0 Å². The largest absolute Gasteiger partial charge is 0.295 e. The molecule has 2 aliphatic carbocycles. The van der Waals surface area contributed by atoms with E-state index in [2.05, 4.69) is 24.3 Å². The summed E-state index contributed by atoms with van der Waals surface area (Å²) in [6.07, 6.45) is 5.63. The van der Waals surface area contributed by atoms with Gasteiger partial charge in [0.05, 0.1) is 0 Å². The number of hydrogen-bond donors (Lipinski definition) is 0. The predicted octanol–water partition coefficient (Wildman–Crippen LogP) is 3.09. The van der Waals surface area contributed by atoms with Gasteiger partial charge in [-0.05, 0) is 48.8 Å². The molecule has 1 aromatic rings. The Morgan fingerprint density at radius 1 is 1.40 bits per heavy atom. The van der Waals surface area contributed by atoms with Crippen LogP contribution >= 0.6 is 0 Å². The van der Waals surface area contributed by atoms with Crippen molar-refractivity contribution in [1.82, 2.24) is 0 Å². The molecule has 0 radical (unpaired) electrons. The molecule has 0 saturated heterocycles. The summed E-state index contributed by atoms with van der Waals surface area (Å²) in [6.45, 7) is 1.67. The van der Waals surface area contributed by atoms with Crippen LogP contribution in [0, 0.1) is 0 Å². The first-order valence-corrected chi connectivity index (χ1v) is 5.60. The van der Waals surface area contributed by atoms with Crippen LogP contribution in [0.4, 0.5) is 0 Å². The topological polar surface area (TPSA) is 17.1 Å². The molecule has 0 aromatic heterocycles. The number of benzene rings is 1. The number of rotatable bonds is 1. The van der Waals surface area contributed by atoms with Crippen LogP contribution in [0.2, 0.25) is 0 Å². The zero-order chi connectivity index (χ0) is 10.4. The maximum atomic E-state index is 11.5. The highest BCUT2D eigenvalue weighted by Crippen LogP contribution is 2.43. The van der Waals surface area contributed by atoms with Crippen LogP contribution in [0.25, 0.3) is 5.57 Å². The molecular formula is C14H14O. The highest BCUT2D eigenvalue weighted by Gasteiger charge is 2.29. The van der Waals surface area contributed by atoms with Gasteiger partial charge in [-0.3, -0.25) is 4.79 Å². The lowest BCUT2D eigenvalue weighted by Crippen LogP contribution is -2.08. The van der Waals surface area contributed by atoms with E-state index >= 15 is 0 Å². The zero-order valence-electron chi connectivity index (χ0n) is 8.92. The van der Waals surface area contributed by atoms with Gasteiger partial charge in [0.2, 0.25) is 0 Å². The average molecular weight is 198 g/mol. The number of aryl methyl sites for hydroxylation is 1. The number of carbonyl (C=O) groups is 1. The molecule has 3 rings (SSSR count). The lowest BCUT2D eigenvalue weighted by atomic mass is 9.83. The van der Waals surface area contributed by atoms with E-state index in [-0.39, 0.29) is 5.78 Å². The number of ketones is 1. The van der Waals surface area contributed by atoms with Crippen LogP contribution in [0.15, 0.2) is 24.3 Å². The third-order valence-electron chi connectivity index (χ3n) is 3.64. The molecule has 0 bridgehead atoms. The number of Topliss-reactive ketones (excluding diaryl/α,β-unsaturated/α-hetero) is 1. The second-order valence-electron chi connectivity index (χ2n) is 4.52. The third kappa shape index (κ3) is 1.19. The van der Waals surface area contributed by atoms with Gasteiger partial charge in [-0.2, -0.15) is 0 Å². The SMILES string of the molecule is CC(=O)C1=CCC2CCc3cccc1c32. The quantitative estimate of drug-likeness (QED) is 0.677. The highest BCUT2D eigenvalue weighted by atomic mass is 16.1. The average Bonchev–Trinajstić information content (AvgIpc) is 2.64. The monoisotopic (exact) mass is 198 g/mol. The van der Waals surface area contributed by atoms with Crippen LogP contribution in [-0.4, -0.2) is 5.78 Å². The fraction of sp³-hybridized carbons (Fsp3) is 0.357. The van der Waals surface area contributed by atoms with Gasteiger partial charge in [0, 0.05) is 5.57 Å². The Labute approximate surface area is 89.8 Å². The molecule has 0 aliphatic heterocycles. The minimum absolute atomic E-state index is 0.203. The van der Waals surface area contributed by atoms with Crippen molar-refractivity contribution >= 4 is 11.4 Å². The Hall–Kier alpha value is -1.37. The van der Waals surface area contributed by atoms with Gasteiger partial charge in [-0.15, -0.1) is 0 Å². The molecule has 15 heavy (non-hydrogen) atoms. The summed E-state index contributed by atoms with van der Waals surface area (Å²) in [5.74, 6) is 0.882.